The first-order valence-corrected chi connectivity index (χ1v) is 7.92. The average molecular weight is 306 g/mol. The highest BCUT2D eigenvalue weighted by Gasteiger charge is 2.17. The molecule has 7 heteroatoms. The van der Waals surface area contributed by atoms with Crippen molar-refractivity contribution in [3.05, 3.63) is 46.8 Å². The maximum atomic E-state index is 12.2. The molecule has 1 N–H and O–H groups in total. The molecule has 5 nitrogen and oxygen atoms in total. The fraction of sp³-hybridized carbons (Fsp3) is 0.0769. The van der Waals surface area contributed by atoms with Crippen LogP contribution in [0.25, 0.3) is 0 Å². The van der Waals surface area contributed by atoms with Gasteiger partial charge in [0.05, 0.1) is 10.5 Å². The number of nitrogens with one attached hydrogen (secondary N) is 1. The smallest absolute Gasteiger partial charge is 0.262 e. The largest absolute Gasteiger partial charge is 0.295 e. The number of carbonyl (C=O) groups excluding carboxylic acids is 1. The van der Waals surface area contributed by atoms with Crippen molar-refractivity contribution in [2.24, 2.45) is 0 Å². The average Bonchev–Trinajstić information content (AvgIpc) is 2.85. The Bertz CT molecular complexity index is 784. The van der Waals surface area contributed by atoms with Gasteiger partial charge in [0.1, 0.15) is 11.1 Å². The number of thiophene rings is 1. The summed E-state index contributed by atoms with van der Waals surface area (Å²) in [5.74, 6) is -0.132. The molecule has 20 heavy (non-hydrogen) atoms. The van der Waals surface area contributed by atoms with Gasteiger partial charge in [-0.1, -0.05) is 12.1 Å². The van der Waals surface area contributed by atoms with E-state index in [1.807, 2.05) is 6.07 Å². The lowest BCUT2D eigenvalue weighted by molar-refractivity contribution is 0.101. The van der Waals surface area contributed by atoms with E-state index < -0.39 is 10.0 Å². The molecule has 0 radical (unpaired) electrons. The van der Waals surface area contributed by atoms with Crippen LogP contribution in [0.15, 0.2) is 40.6 Å². The van der Waals surface area contributed by atoms with Gasteiger partial charge in [-0.3, -0.25) is 9.52 Å². The second-order valence-electron chi connectivity index (χ2n) is 3.96. The van der Waals surface area contributed by atoms with Crippen LogP contribution in [-0.2, 0) is 10.0 Å². The molecule has 1 aromatic carbocycles. The lowest BCUT2D eigenvalue weighted by Gasteiger charge is -2.07. The molecule has 0 aliphatic carbocycles. The van der Waals surface area contributed by atoms with Gasteiger partial charge in [-0.05, 0) is 30.5 Å². The summed E-state index contributed by atoms with van der Waals surface area (Å²) in [5.41, 5.74) is 0.719. The number of carbonyl (C=O) groups is 1. The molecule has 1 heterocycles. The first-order chi connectivity index (χ1) is 9.44. The van der Waals surface area contributed by atoms with Gasteiger partial charge in [-0.25, -0.2) is 8.42 Å². The van der Waals surface area contributed by atoms with Crippen molar-refractivity contribution in [3.8, 4) is 6.07 Å². The Hall–Kier alpha value is -2.17. The molecular formula is C13H10N2O3S2. The number of sulfonamides is 1. The topological polar surface area (TPSA) is 87.0 Å². The molecule has 0 saturated carbocycles. The quantitative estimate of drug-likeness (QED) is 0.880. The molecule has 0 atom stereocenters. The highest BCUT2D eigenvalue weighted by molar-refractivity contribution is 7.93. The van der Waals surface area contributed by atoms with Crippen molar-refractivity contribution in [2.75, 3.05) is 4.72 Å². The lowest BCUT2D eigenvalue weighted by atomic mass is 10.2. The van der Waals surface area contributed by atoms with Crippen LogP contribution in [0.1, 0.15) is 22.8 Å². The first kappa shape index (κ1) is 14.2. The van der Waals surface area contributed by atoms with Crippen LogP contribution in [0.4, 0.5) is 5.00 Å². The van der Waals surface area contributed by atoms with Crippen LogP contribution in [0.2, 0.25) is 0 Å². The Morgan fingerprint density at radius 2 is 1.90 bits per heavy atom. The molecule has 0 saturated heterocycles. The monoisotopic (exact) mass is 306 g/mol. The standard InChI is InChI=1S/C13H10N2O3S2/c1-9(16)10-2-4-12(5-3-10)20(17,18)15-13-11(8-14)6-7-19-13/h2-7,15H,1H3. The van der Waals surface area contributed by atoms with Gasteiger partial charge in [-0.15, -0.1) is 11.3 Å². The molecule has 0 bridgehead atoms. The van der Waals surface area contributed by atoms with Crippen LogP contribution in [0.5, 0.6) is 0 Å². The number of hydrogen-bond donors (Lipinski definition) is 1. The van der Waals surface area contributed by atoms with Gasteiger partial charge in [0, 0.05) is 5.56 Å². The predicted molar refractivity (Wildman–Crippen MR) is 76.3 cm³/mol. The molecule has 0 aliphatic heterocycles. The molecule has 0 aliphatic rings. The van der Waals surface area contributed by atoms with Gasteiger partial charge in [0.2, 0.25) is 0 Å². The van der Waals surface area contributed by atoms with E-state index >= 15 is 0 Å². The number of nitriles is 1. The molecule has 2 aromatic rings. The minimum absolute atomic E-state index is 0.0415. The van der Waals surface area contributed by atoms with Gasteiger partial charge in [0.25, 0.3) is 10.0 Å². The van der Waals surface area contributed by atoms with Crippen molar-refractivity contribution in [1.29, 1.82) is 5.26 Å². The van der Waals surface area contributed by atoms with E-state index in [-0.39, 0.29) is 21.2 Å². The van der Waals surface area contributed by atoms with E-state index in [1.165, 1.54) is 31.2 Å². The Morgan fingerprint density at radius 1 is 1.25 bits per heavy atom. The number of anilines is 1. The van der Waals surface area contributed by atoms with E-state index in [0.29, 0.717) is 5.56 Å². The van der Waals surface area contributed by atoms with Gasteiger partial charge < -0.3 is 0 Å². The summed E-state index contributed by atoms with van der Waals surface area (Å²) < 4.78 is 26.7. The summed E-state index contributed by atoms with van der Waals surface area (Å²) in [7, 11) is -3.76. The van der Waals surface area contributed by atoms with Crippen LogP contribution < -0.4 is 4.72 Å². The van der Waals surface area contributed by atoms with Crippen molar-refractivity contribution < 1.29 is 13.2 Å². The minimum atomic E-state index is -3.76. The highest BCUT2D eigenvalue weighted by atomic mass is 32.2. The van der Waals surface area contributed by atoms with E-state index in [9.17, 15) is 13.2 Å². The summed E-state index contributed by atoms with van der Waals surface area (Å²) >= 11 is 1.14. The molecule has 0 unspecified atom stereocenters. The summed E-state index contributed by atoms with van der Waals surface area (Å²) in [6.45, 7) is 1.41. The fourth-order valence-corrected chi connectivity index (χ4v) is 3.59. The zero-order chi connectivity index (χ0) is 14.8. The predicted octanol–water partition coefficient (Wildman–Crippen LogP) is 2.62. The molecule has 0 spiro atoms. The summed E-state index contributed by atoms with van der Waals surface area (Å²) in [6, 6.07) is 9.08. The van der Waals surface area contributed by atoms with Crippen molar-refractivity contribution in [3.63, 3.8) is 0 Å². The summed E-state index contributed by atoms with van der Waals surface area (Å²) in [6.07, 6.45) is 0. The lowest BCUT2D eigenvalue weighted by Crippen LogP contribution is -2.12. The van der Waals surface area contributed by atoms with E-state index in [0.717, 1.165) is 11.3 Å². The molecule has 0 fully saturated rings. The van der Waals surface area contributed by atoms with Crippen LogP contribution in [-0.4, -0.2) is 14.2 Å². The second kappa shape index (κ2) is 5.45. The highest BCUT2D eigenvalue weighted by Crippen LogP contribution is 2.25. The number of rotatable bonds is 4. The minimum Gasteiger partial charge on any atom is -0.295 e. The SMILES string of the molecule is CC(=O)c1ccc(S(=O)(=O)Nc2sccc2C#N)cc1. The van der Waals surface area contributed by atoms with Crippen molar-refractivity contribution in [1.82, 2.24) is 0 Å². The van der Waals surface area contributed by atoms with E-state index in [1.54, 1.807) is 11.4 Å². The Labute approximate surface area is 120 Å². The number of benzene rings is 1. The number of ketones is 1. The Balaban J connectivity index is 2.31. The first-order valence-electron chi connectivity index (χ1n) is 5.55. The van der Waals surface area contributed by atoms with E-state index in [2.05, 4.69) is 4.72 Å². The van der Waals surface area contributed by atoms with Gasteiger partial charge in [-0.2, -0.15) is 5.26 Å². The van der Waals surface area contributed by atoms with Gasteiger partial charge in [0.15, 0.2) is 5.78 Å². The summed E-state index contributed by atoms with van der Waals surface area (Å²) in [4.78, 5) is 11.2. The molecule has 102 valence electrons. The second-order valence-corrected chi connectivity index (χ2v) is 6.56. The maximum absolute atomic E-state index is 12.2. The molecule has 2 rings (SSSR count). The third-order valence-corrected chi connectivity index (χ3v) is 4.91. The maximum Gasteiger partial charge on any atom is 0.262 e. The van der Waals surface area contributed by atoms with E-state index in [4.69, 9.17) is 5.26 Å². The third-order valence-electron chi connectivity index (χ3n) is 2.58. The normalized spacial score (nSPS) is 10.8. The zero-order valence-corrected chi connectivity index (χ0v) is 12.1. The Morgan fingerprint density at radius 3 is 2.45 bits per heavy atom. The summed E-state index contributed by atoms with van der Waals surface area (Å²) in [5, 5.41) is 10.8. The molecule has 1 aromatic heterocycles. The van der Waals surface area contributed by atoms with Crippen LogP contribution >= 0.6 is 11.3 Å². The van der Waals surface area contributed by atoms with Crippen molar-refractivity contribution >= 4 is 32.1 Å². The van der Waals surface area contributed by atoms with Gasteiger partial charge >= 0.3 is 0 Å². The number of hydrogen-bond acceptors (Lipinski definition) is 5. The van der Waals surface area contributed by atoms with Crippen LogP contribution in [0.3, 0.4) is 0 Å². The molecule has 0 amide bonds. The number of nitrogens with zero attached hydrogens (tertiary/aromatic N) is 1. The van der Waals surface area contributed by atoms with Crippen molar-refractivity contribution in [2.45, 2.75) is 11.8 Å². The fourth-order valence-electron chi connectivity index (χ4n) is 1.53. The number of Topliss-reactive ketones (excluding diaryl/α,β-unsaturated/α-hetero) is 1. The molecular weight excluding hydrogens is 296 g/mol. The van der Waals surface area contributed by atoms with Crippen LogP contribution in [0, 0.1) is 11.3 Å². The third kappa shape index (κ3) is 2.87. The zero-order valence-electron chi connectivity index (χ0n) is 10.5. The Kier molecular flexibility index (Phi) is 3.88.